The number of hydrogen-bond acceptors (Lipinski definition) is 5. The maximum absolute atomic E-state index is 13.0. The molecule has 0 atom stereocenters. The van der Waals surface area contributed by atoms with E-state index >= 15 is 0 Å². The molecule has 0 bridgehead atoms. The summed E-state index contributed by atoms with van der Waals surface area (Å²) in [6, 6.07) is 11.7. The summed E-state index contributed by atoms with van der Waals surface area (Å²) in [6.45, 7) is 3.68. The van der Waals surface area contributed by atoms with Crippen molar-refractivity contribution in [2.45, 2.75) is 25.9 Å². The number of hydrogen-bond donors (Lipinski definition) is 2. The molecule has 4 rings (SSSR count). The molecule has 0 radical (unpaired) electrons. The van der Waals surface area contributed by atoms with Gasteiger partial charge < -0.3 is 15.1 Å². The van der Waals surface area contributed by atoms with Crippen LogP contribution in [0.4, 0.5) is 24.5 Å². The standard InChI is InChI=1S/C24H20F3N5O3/c1-14(2)21-18(13-29-32(21)20-10-5-15(12-28-20)24(25,26)27)22(33)30-16-6-8-17(9-7-16)31-23(34)19-4-3-11-35-19/h3-14H,1-2H3,(H,30,33)(H,31,34). The number of carbonyl (C=O) groups excluding carboxylic acids is 2. The van der Waals surface area contributed by atoms with Crippen LogP contribution in [0.1, 0.15) is 51.9 Å². The predicted octanol–water partition coefficient (Wildman–Crippen LogP) is 5.51. The summed E-state index contributed by atoms with van der Waals surface area (Å²) in [5.41, 5.74) is 0.866. The summed E-state index contributed by atoms with van der Waals surface area (Å²) in [7, 11) is 0. The minimum atomic E-state index is -4.50. The van der Waals surface area contributed by atoms with E-state index in [2.05, 4.69) is 20.7 Å². The molecule has 0 aliphatic heterocycles. The Morgan fingerprint density at radius 3 is 2.11 bits per heavy atom. The van der Waals surface area contributed by atoms with Crippen LogP contribution in [0.25, 0.3) is 5.82 Å². The first-order valence-electron chi connectivity index (χ1n) is 10.5. The lowest BCUT2D eigenvalue weighted by Gasteiger charge is -2.13. The monoisotopic (exact) mass is 483 g/mol. The largest absolute Gasteiger partial charge is 0.459 e. The lowest BCUT2D eigenvalue weighted by Crippen LogP contribution is -2.16. The van der Waals surface area contributed by atoms with E-state index in [0.717, 1.165) is 12.3 Å². The fraction of sp³-hybridized carbons (Fsp3) is 0.167. The minimum absolute atomic E-state index is 0.164. The summed E-state index contributed by atoms with van der Waals surface area (Å²) in [5.74, 6) is -0.695. The Bertz CT molecular complexity index is 1330. The zero-order chi connectivity index (χ0) is 25.2. The number of benzene rings is 1. The molecule has 8 nitrogen and oxygen atoms in total. The van der Waals surface area contributed by atoms with Crippen LogP contribution in [-0.4, -0.2) is 26.6 Å². The third-order valence-electron chi connectivity index (χ3n) is 5.04. The van der Waals surface area contributed by atoms with Gasteiger partial charge in [-0.05, 0) is 54.4 Å². The van der Waals surface area contributed by atoms with Gasteiger partial charge in [-0.25, -0.2) is 9.67 Å². The quantitative estimate of drug-likeness (QED) is 0.377. The number of carbonyl (C=O) groups is 2. The van der Waals surface area contributed by atoms with E-state index in [1.165, 1.54) is 29.3 Å². The number of aromatic nitrogens is 3. The Labute approximate surface area is 197 Å². The summed E-state index contributed by atoms with van der Waals surface area (Å²) >= 11 is 0. The number of alkyl halides is 3. The molecule has 0 saturated heterocycles. The lowest BCUT2D eigenvalue weighted by atomic mass is 10.1. The molecule has 3 aromatic heterocycles. The van der Waals surface area contributed by atoms with E-state index in [9.17, 15) is 22.8 Å². The SMILES string of the molecule is CC(C)c1c(C(=O)Nc2ccc(NC(=O)c3ccco3)cc2)cnn1-c1ccc(C(F)(F)F)cn1. The van der Waals surface area contributed by atoms with Crippen molar-refractivity contribution in [2.75, 3.05) is 10.6 Å². The highest BCUT2D eigenvalue weighted by Crippen LogP contribution is 2.29. The van der Waals surface area contributed by atoms with E-state index in [0.29, 0.717) is 17.1 Å². The Kier molecular flexibility index (Phi) is 6.41. The number of furan rings is 1. The van der Waals surface area contributed by atoms with Crippen molar-refractivity contribution in [3.05, 3.63) is 89.8 Å². The van der Waals surface area contributed by atoms with Crippen LogP contribution in [0.5, 0.6) is 0 Å². The highest BCUT2D eigenvalue weighted by atomic mass is 19.4. The summed E-state index contributed by atoms with van der Waals surface area (Å²) in [4.78, 5) is 28.9. The summed E-state index contributed by atoms with van der Waals surface area (Å²) < 4.78 is 45.0. The first-order valence-corrected chi connectivity index (χ1v) is 10.5. The highest BCUT2D eigenvalue weighted by molar-refractivity contribution is 6.05. The fourth-order valence-corrected chi connectivity index (χ4v) is 3.39. The van der Waals surface area contributed by atoms with Crippen LogP contribution in [0.2, 0.25) is 0 Å². The van der Waals surface area contributed by atoms with Crippen molar-refractivity contribution < 1.29 is 27.2 Å². The average Bonchev–Trinajstić information content (AvgIpc) is 3.50. The van der Waals surface area contributed by atoms with Gasteiger partial charge in [0.15, 0.2) is 11.6 Å². The van der Waals surface area contributed by atoms with Crippen molar-refractivity contribution in [1.82, 2.24) is 14.8 Å². The molecule has 0 saturated carbocycles. The van der Waals surface area contributed by atoms with Gasteiger partial charge in [-0.2, -0.15) is 18.3 Å². The topological polar surface area (TPSA) is 102 Å². The van der Waals surface area contributed by atoms with E-state index in [1.54, 1.807) is 30.3 Å². The first-order chi connectivity index (χ1) is 16.6. The molecule has 2 amide bonds. The second-order valence-corrected chi connectivity index (χ2v) is 7.88. The average molecular weight is 483 g/mol. The van der Waals surface area contributed by atoms with E-state index < -0.39 is 23.6 Å². The molecule has 180 valence electrons. The number of anilines is 2. The van der Waals surface area contributed by atoms with Crippen molar-refractivity contribution in [1.29, 1.82) is 0 Å². The molecule has 3 heterocycles. The molecule has 35 heavy (non-hydrogen) atoms. The maximum atomic E-state index is 13.0. The predicted molar refractivity (Wildman–Crippen MR) is 122 cm³/mol. The van der Waals surface area contributed by atoms with Gasteiger partial charge in [-0.1, -0.05) is 13.8 Å². The van der Waals surface area contributed by atoms with Crippen LogP contribution < -0.4 is 10.6 Å². The van der Waals surface area contributed by atoms with Gasteiger partial charge in [0, 0.05) is 17.6 Å². The molecule has 0 aliphatic carbocycles. The number of rotatable bonds is 6. The van der Waals surface area contributed by atoms with Gasteiger partial charge >= 0.3 is 6.18 Å². The molecule has 0 fully saturated rings. The van der Waals surface area contributed by atoms with Gasteiger partial charge in [0.25, 0.3) is 11.8 Å². The number of nitrogens with zero attached hydrogens (tertiary/aromatic N) is 3. The van der Waals surface area contributed by atoms with Gasteiger partial charge in [-0.3, -0.25) is 9.59 Å². The molecule has 0 unspecified atom stereocenters. The smallest absolute Gasteiger partial charge is 0.417 e. The first kappa shape index (κ1) is 23.7. The van der Waals surface area contributed by atoms with Crippen LogP contribution in [0, 0.1) is 0 Å². The number of nitrogens with one attached hydrogen (secondary N) is 2. The minimum Gasteiger partial charge on any atom is -0.459 e. The molecular weight excluding hydrogens is 463 g/mol. The van der Waals surface area contributed by atoms with Crippen molar-refractivity contribution in [3.8, 4) is 5.82 Å². The lowest BCUT2D eigenvalue weighted by molar-refractivity contribution is -0.137. The number of pyridine rings is 1. The molecular formula is C24H20F3N5O3. The fourth-order valence-electron chi connectivity index (χ4n) is 3.39. The van der Waals surface area contributed by atoms with Crippen LogP contribution in [-0.2, 0) is 6.18 Å². The Hall–Kier alpha value is -4.41. The van der Waals surface area contributed by atoms with Gasteiger partial charge in [-0.15, -0.1) is 0 Å². The maximum Gasteiger partial charge on any atom is 0.417 e. The van der Waals surface area contributed by atoms with E-state index in [-0.39, 0.29) is 23.1 Å². The second kappa shape index (κ2) is 9.45. The highest BCUT2D eigenvalue weighted by Gasteiger charge is 2.31. The third kappa shape index (κ3) is 5.24. The molecule has 1 aromatic carbocycles. The van der Waals surface area contributed by atoms with Gasteiger partial charge in [0.1, 0.15) is 0 Å². The van der Waals surface area contributed by atoms with Crippen molar-refractivity contribution >= 4 is 23.2 Å². The zero-order valence-electron chi connectivity index (χ0n) is 18.6. The van der Waals surface area contributed by atoms with Crippen LogP contribution >= 0.6 is 0 Å². The molecule has 11 heteroatoms. The van der Waals surface area contributed by atoms with E-state index in [1.807, 2.05) is 13.8 Å². The second-order valence-electron chi connectivity index (χ2n) is 7.88. The Morgan fingerprint density at radius 2 is 1.60 bits per heavy atom. The van der Waals surface area contributed by atoms with E-state index in [4.69, 9.17) is 4.42 Å². The number of halogens is 3. The van der Waals surface area contributed by atoms with Crippen LogP contribution in [0.3, 0.4) is 0 Å². The zero-order valence-corrected chi connectivity index (χ0v) is 18.6. The Morgan fingerprint density at radius 1 is 0.943 bits per heavy atom. The molecule has 0 aliphatic rings. The molecule has 2 N–H and O–H groups in total. The third-order valence-corrected chi connectivity index (χ3v) is 5.04. The Balaban J connectivity index is 1.51. The summed E-state index contributed by atoms with van der Waals surface area (Å²) in [5, 5.41) is 9.63. The van der Waals surface area contributed by atoms with Crippen LogP contribution in [0.15, 0.2) is 71.6 Å². The normalized spacial score (nSPS) is 11.5. The summed E-state index contributed by atoms with van der Waals surface area (Å²) in [6.07, 6.45) is -1.03. The number of amides is 2. The van der Waals surface area contributed by atoms with Gasteiger partial charge in [0.05, 0.1) is 29.3 Å². The molecule has 0 spiro atoms. The van der Waals surface area contributed by atoms with Crippen molar-refractivity contribution in [3.63, 3.8) is 0 Å². The van der Waals surface area contributed by atoms with Crippen molar-refractivity contribution in [2.24, 2.45) is 0 Å². The van der Waals surface area contributed by atoms with Gasteiger partial charge in [0.2, 0.25) is 0 Å². The molecule has 4 aromatic rings.